The van der Waals surface area contributed by atoms with Gasteiger partial charge in [-0.3, -0.25) is 4.79 Å². The third-order valence-electron chi connectivity index (χ3n) is 5.22. The highest BCUT2D eigenvalue weighted by atomic mass is 16.6. The minimum atomic E-state index is -0.0695. The van der Waals surface area contributed by atoms with Crippen LogP contribution in [0.4, 0.5) is 0 Å². The predicted molar refractivity (Wildman–Crippen MR) is 93.3 cm³/mol. The Hall–Kier alpha value is -1.79. The molecule has 1 aromatic rings. The number of amides is 1. The molecule has 0 saturated carbocycles. The average molecular weight is 346 g/mol. The normalized spacial score (nSPS) is 24.2. The number of likely N-dealkylation sites (tertiary alicyclic amines) is 1. The molecule has 3 heterocycles. The zero-order valence-corrected chi connectivity index (χ0v) is 14.5. The van der Waals surface area contributed by atoms with Crippen molar-refractivity contribution in [2.24, 2.45) is 0 Å². The number of rotatable bonds is 4. The van der Waals surface area contributed by atoms with E-state index in [0.29, 0.717) is 36.4 Å². The van der Waals surface area contributed by atoms with E-state index in [0.717, 1.165) is 39.1 Å². The van der Waals surface area contributed by atoms with E-state index in [9.17, 15) is 4.79 Å². The van der Waals surface area contributed by atoms with Crippen molar-refractivity contribution in [2.75, 3.05) is 39.5 Å². The molecule has 3 aliphatic rings. The lowest BCUT2D eigenvalue weighted by Crippen LogP contribution is -2.46. The van der Waals surface area contributed by atoms with E-state index >= 15 is 0 Å². The van der Waals surface area contributed by atoms with Crippen LogP contribution in [0.15, 0.2) is 18.2 Å². The number of para-hydroxylation sites is 1. The molecule has 0 spiro atoms. The second-order valence-corrected chi connectivity index (χ2v) is 7.01. The molecule has 0 aliphatic carbocycles. The van der Waals surface area contributed by atoms with Crippen molar-refractivity contribution >= 4 is 5.91 Å². The Morgan fingerprint density at radius 1 is 1.12 bits per heavy atom. The zero-order valence-electron chi connectivity index (χ0n) is 14.5. The van der Waals surface area contributed by atoms with Crippen molar-refractivity contribution in [3.8, 4) is 11.5 Å². The maximum Gasteiger partial charge on any atom is 0.255 e. The van der Waals surface area contributed by atoms with Crippen LogP contribution in [-0.4, -0.2) is 62.4 Å². The molecular formula is C19H26N2O4. The molecule has 4 rings (SSSR count). The quantitative estimate of drug-likeness (QED) is 0.901. The Kier molecular flexibility index (Phi) is 5.08. The Morgan fingerprint density at radius 2 is 1.96 bits per heavy atom. The standard InChI is InChI=1S/C19H26N2O4/c22-19(16-4-1-5-17-18(16)25-12-11-24-17)20-14-6-8-21(9-7-14)13-15-3-2-10-23-15/h1,4-5,14-15H,2-3,6-13H2,(H,20,22). The van der Waals surface area contributed by atoms with Gasteiger partial charge in [-0.2, -0.15) is 0 Å². The number of ether oxygens (including phenoxy) is 3. The van der Waals surface area contributed by atoms with Crippen molar-refractivity contribution in [3.63, 3.8) is 0 Å². The molecule has 0 radical (unpaired) electrons. The maximum absolute atomic E-state index is 12.7. The Bertz CT molecular complexity index is 607. The van der Waals surface area contributed by atoms with E-state index in [1.54, 1.807) is 6.07 Å². The van der Waals surface area contributed by atoms with Gasteiger partial charge in [0.15, 0.2) is 11.5 Å². The van der Waals surface area contributed by atoms with Crippen LogP contribution in [-0.2, 0) is 4.74 Å². The molecule has 6 nitrogen and oxygen atoms in total. The fourth-order valence-corrected chi connectivity index (χ4v) is 3.85. The molecule has 0 bridgehead atoms. The number of benzene rings is 1. The lowest BCUT2D eigenvalue weighted by molar-refractivity contribution is 0.0612. The van der Waals surface area contributed by atoms with E-state index in [2.05, 4.69) is 10.2 Å². The summed E-state index contributed by atoms with van der Waals surface area (Å²) in [5, 5.41) is 3.17. The summed E-state index contributed by atoms with van der Waals surface area (Å²) in [4.78, 5) is 15.1. The van der Waals surface area contributed by atoms with Gasteiger partial charge in [0.25, 0.3) is 5.91 Å². The molecule has 2 saturated heterocycles. The SMILES string of the molecule is O=C(NC1CCN(CC2CCCO2)CC1)c1cccc2c1OCCO2. The molecule has 1 amide bonds. The summed E-state index contributed by atoms with van der Waals surface area (Å²) in [6.45, 7) is 4.97. The van der Waals surface area contributed by atoms with Gasteiger partial charge in [-0.05, 0) is 37.8 Å². The number of fused-ring (bicyclic) bond motifs is 1. The minimum absolute atomic E-state index is 0.0695. The number of hydrogen-bond donors (Lipinski definition) is 1. The second kappa shape index (κ2) is 7.62. The summed E-state index contributed by atoms with van der Waals surface area (Å²) in [6.07, 6.45) is 4.72. The van der Waals surface area contributed by atoms with Crippen LogP contribution in [0.5, 0.6) is 11.5 Å². The summed E-state index contributed by atoms with van der Waals surface area (Å²) < 4.78 is 16.9. The first kappa shape index (κ1) is 16.7. The highest BCUT2D eigenvalue weighted by Crippen LogP contribution is 2.33. The van der Waals surface area contributed by atoms with Crippen LogP contribution in [0.2, 0.25) is 0 Å². The van der Waals surface area contributed by atoms with E-state index in [1.807, 2.05) is 12.1 Å². The fourth-order valence-electron chi connectivity index (χ4n) is 3.85. The van der Waals surface area contributed by atoms with Crippen LogP contribution in [0, 0.1) is 0 Å². The van der Waals surface area contributed by atoms with Crippen molar-refractivity contribution in [2.45, 2.75) is 37.8 Å². The first-order valence-corrected chi connectivity index (χ1v) is 9.33. The van der Waals surface area contributed by atoms with Crippen LogP contribution >= 0.6 is 0 Å². The van der Waals surface area contributed by atoms with Gasteiger partial charge in [-0.1, -0.05) is 6.07 Å². The topological polar surface area (TPSA) is 60.0 Å². The molecule has 2 fully saturated rings. The van der Waals surface area contributed by atoms with Crippen LogP contribution in [0.1, 0.15) is 36.0 Å². The van der Waals surface area contributed by atoms with Gasteiger partial charge in [0.1, 0.15) is 13.2 Å². The largest absolute Gasteiger partial charge is 0.486 e. The van der Waals surface area contributed by atoms with Gasteiger partial charge in [-0.15, -0.1) is 0 Å². The number of piperidine rings is 1. The van der Waals surface area contributed by atoms with Gasteiger partial charge in [0, 0.05) is 32.3 Å². The number of hydrogen-bond acceptors (Lipinski definition) is 5. The first-order valence-electron chi connectivity index (χ1n) is 9.33. The minimum Gasteiger partial charge on any atom is -0.486 e. The van der Waals surface area contributed by atoms with Gasteiger partial charge < -0.3 is 24.4 Å². The maximum atomic E-state index is 12.7. The molecule has 136 valence electrons. The molecule has 1 aromatic carbocycles. The lowest BCUT2D eigenvalue weighted by atomic mass is 10.0. The lowest BCUT2D eigenvalue weighted by Gasteiger charge is -2.33. The number of nitrogens with one attached hydrogen (secondary N) is 1. The Morgan fingerprint density at radius 3 is 2.76 bits per heavy atom. The van der Waals surface area contributed by atoms with Gasteiger partial charge in [-0.25, -0.2) is 0 Å². The van der Waals surface area contributed by atoms with Crippen molar-refractivity contribution in [1.82, 2.24) is 10.2 Å². The average Bonchev–Trinajstić information content (AvgIpc) is 3.16. The summed E-state index contributed by atoms with van der Waals surface area (Å²) >= 11 is 0. The Balaban J connectivity index is 1.30. The summed E-state index contributed by atoms with van der Waals surface area (Å²) in [5.41, 5.74) is 0.569. The van der Waals surface area contributed by atoms with Gasteiger partial charge >= 0.3 is 0 Å². The van der Waals surface area contributed by atoms with Gasteiger partial charge in [0.05, 0.1) is 11.7 Å². The first-order chi connectivity index (χ1) is 12.3. The van der Waals surface area contributed by atoms with E-state index in [4.69, 9.17) is 14.2 Å². The smallest absolute Gasteiger partial charge is 0.255 e. The van der Waals surface area contributed by atoms with E-state index in [-0.39, 0.29) is 11.9 Å². The Labute approximate surface area is 148 Å². The molecule has 1 unspecified atom stereocenters. The fraction of sp³-hybridized carbons (Fsp3) is 0.632. The third-order valence-corrected chi connectivity index (χ3v) is 5.22. The number of nitrogens with zero attached hydrogens (tertiary/aromatic N) is 1. The molecule has 25 heavy (non-hydrogen) atoms. The van der Waals surface area contributed by atoms with E-state index in [1.165, 1.54) is 12.8 Å². The highest BCUT2D eigenvalue weighted by molar-refractivity contribution is 5.98. The summed E-state index contributed by atoms with van der Waals surface area (Å²) in [7, 11) is 0. The van der Waals surface area contributed by atoms with Crippen molar-refractivity contribution < 1.29 is 19.0 Å². The number of carbonyl (C=O) groups is 1. The molecule has 0 aromatic heterocycles. The van der Waals surface area contributed by atoms with Crippen LogP contribution in [0.25, 0.3) is 0 Å². The zero-order chi connectivity index (χ0) is 17.1. The second-order valence-electron chi connectivity index (χ2n) is 7.01. The third kappa shape index (κ3) is 3.90. The molecule has 1 N–H and O–H groups in total. The summed E-state index contributed by atoms with van der Waals surface area (Å²) in [5.74, 6) is 1.16. The van der Waals surface area contributed by atoms with Crippen molar-refractivity contribution in [1.29, 1.82) is 0 Å². The molecule has 1 atom stereocenters. The molecular weight excluding hydrogens is 320 g/mol. The number of carbonyl (C=O) groups excluding carboxylic acids is 1. The van der Waals surface area contributed by atoms with Gasteiger partial charge in [0.2, 0.25) is 0 Å². The van der Waals surface area contributed by atoms with E-state index < -0.39 is 0 Å². The molecule has 6 heteroatoms. The highest BCUT2D eigenvalue weighted by Gasteiger charge is 2.26. The van der Waals surface area contributed by atoms with Crippen molar-refractivity contribution in [3.05, 3.63) is 23.8 Å². The van der Waals surface area contributed by atoms with Crippen LogP contribution in [0.3, 0.4) is 0 Å². The summed E-state index contributed by atoms with van der Waals surface area (Å²) in [6, 6.07) is 5.70. The predicted octanol–water partition coefficient (Wildman–Crippen LogP) is 1.83. The van der Waals surface area contributed by atoms with Crippen LogP contribution < -0.4 is 14.8 Å². The monoisotopic (exact) mass is 346 g/mol. The molecule has 3 aliphatic heterocycles.